The highest BCUT2D eigenvalue weighted by molar-refractivity contribution is 6.16. The molecular formula is C19H17NO2. The lowest BCUT2D eigenvalue weighted by Gasteiger charge is -2.07. The molecule has 0 atom stereocenters. The molecule has 0 spiro atoms. The minimum absolute atomic E-state index is 0.0219. The third kappa shape index (κ3) is 2.84. The van der Waals surface area contributed by atoms with Gasteiger partial charge in [-0.05, 0) is 36.1 Å². The van der Waals surface area contributed by atoms with Crippen molar-refractivity contribution in [3.63, 3.8) is 0 Å². The molecule has 0 saturated heterocycles. The summed E-state index contributed by atoms with van der Waals surface area (Å²) in [7, 11) is 0. The molecule has 3 heteroatoms. The molecule has 3 aromatic rings. The van der Waals surface area contributed by atoms with E-state index in [4.69, 9.17) is 4.74 Å². The number of carbonyl (C=O) groups is 1. The topological polar surface area (TPSA) is 39.2 Å². The van der Waals surface area contributed by atoms with Gasteiger partial charge in [0, 0.05) is 28.9 Å². The monoisotopic (exact) mass is 291 g/mol. The zero-order valence-electron chi connectivity index (χ0n) is 12.5. The Balaban J connectivity index is 1.92. The second-order valence-corrected chi connectivity index (χ2v) is 5.11. The number of hydrogen-bond donors (Lipinski definition) is 0. The maximum absolute atomic E-state index is 12.7. The maximum atomic E-state index is 12.7. The van der Waals surface area contributed by atoms with E-state index in [1.54, 1.807) is 24.5 Å². The number of aromatic nitrogens is 1. The van der Waals surface area contributed by atoms with Crippen molar-refractivity contribution in [2.75, 3.05) is 6.61 Å². The summed E-state index contributed by atoms with van der Waals surface area (Å²) in [6.07, 6.45) is 4.36. The molecule has 0 N–H and O–H groups in total. The van der Waals surface area contributed by atoms with Crippen molar-refractivity contribution in [3.05, 3.63) is 72.1 Å². The first-order chi connectivity index (χ1) is 10.8. The van der Waals surface area contributed by atoms with E-state index < -0.39 is 0 Å². The number of ketones is 1. The lowest BCUT2D eigenvalue weighted by Crippen LogP contribution is -2.03. The third-order valence-corrected chi connectivity index (χ3v) is 3.50. The highest BCUT2D eigenvalue weighted by atomic mass is 16.5. The normalized spacial score (nSPS) is 10.6. The van der Waals surface area contributed by atoms with Crippen LogP contribution < -0.4 is 4.74 Å². The van der Waals surface area contributed by atoms with Crippen LogP contribution in [0.25, 0.3) is 10.8 Å². The van der Waals surface area contributed by atoms with Crippen LogP contribution in [0.15, 0.2) is 60.9 Å². The summed E-state index contributed by atoms with van der Waals surface area (Å²) in [6, 6.07) is 15.1. The Kier molecular flexibility index (Phi) is 4.15. The molecule has 0 saturated carbocycles. The number of pyridine rings is 1. The molecule has 0 aliphatic carbocycles. The van der Waals surface area contributed by atoms with Gasteiger partial charge in [0.1, 0.15) is 5.75 Å². The van der Waals surface area contributed by atoms with Crippen LogP contribution in [0.2, 0.25) is 0 Å². The van der Waals surface area contributed by atoms with E-state index in [0.717, 1.165) is 22.9 Å². The zero-order valence-corrected chi connectivity index (χ0v) is 12.5. The number of benzene rings is 2. The molecule has 0 aliphatic rings. The van der Waals surface area contributed by atoms with Crippen LogP contribution in [0, 0.1) is 0 Å². The van der Waals surface area contributed by atoms with E-state index in [9.17, 15) is 4.79 Å². The van der Waals surface area contributed by atoms with Gasteiger partial charge in [0.25, 0.3) is 0 Å². The van der Waals surface area contributed by atoms with Crippen molar-refractivity contribution in [2.45, 2.75) is 13.3 Å². The van der Waals surface area contributed by atoms with Crippen LogP contribution in [-0.2, 0) is 0 Å². The molecule has 1 aromatic heterocycles. The fourth-order valence-corrected chi connectivity index (χ4v) is 2.38. The van der Waals surface area contributed by atoms with Gasteiger partial charge in [-0.1, -0.05) is 31.2 Å². The molecule has 0 bridgehead atoms. The zero-order chi connectivity index (χ0) is 15.4. The summed E-state index contributed by atoms with van der Waals surface area (Å²) in [5.74, 6) is 0.765. The number of hydrogen-bond acceptors (Lipinski definition) is 3. The van der Waals surface area contributed by atoms with E-state index in [1.165, 1.54) is 0 Å². The first-order valence-electron chi connectivity index (χ1n) is 7.40. The van der Waals surface area contributed by atoms with Crippen LogP contribution in [0.5, 0.6) is 5.75 Å². The summed E-state index contributed by atoms with van der Waals surface area (Å²) in [4.78, 5) is 16.9. The average molecular weight is 291 g/mol. The van der Waals surface area contributed by atoms with Crippen LogP contribution in [0.1, 0.15) is 29.3 Å². The van der Waals surface area contributed by atoms with E-state index in [1.807, 2.05) is 36.4 Å². The molecule has 3 nitrogen and oxygen atoms in total. The quantitative estimate of drug-likeness (QED) is 0.659. The number of nitrogens with zero attached hydrogens (tertiary/aromatic N) is 1. The molecule has 3 rings (SSSR count). The standard InChI is InChI=1S/C19H17NO2/c1-2-11-22-16-9-7-14(8-10-16)19(21)18-13-20-12-15-5-3-4-6-17(15)18/h3-10,12-13H,2,11H2,1H3. The highest BCUT2D eigenvalue weighted by Crippen LogP contribution is 2.21. The van der Waals surface area contributed by atoms with Gasteiger partial charge in [-0.2, -0.15) is 0 Å². The number of ether oxygens (including phenoxy) is 1. The van der Waals surface area contributed by atoms with Crippen molar-refractivity contribution < 1.29 is 9.53 Å². The Morgan fingerprint density at radius 2 is 1.82 bits per heavy atom. The Bertz CT molecular complexity index is 789. The van der Waals surface area contributed by atoms with Crippen molar-refractivity contribution in [1.29, 1.82) is 0 Å². The van der Waals surface area contributed by atoms with E-state index >= 15 is 0 Å². The Morgan fingerprint density at radius 1 is 1.05 bits per heavy atom. The molecule has 2 aromatic carbocycles. The van der Waals surface area contributed by atoms with E-state index in [-0.39, 0.29) is 5.78 Å². The first-order valence-corrected chi connectivity index (χ1v) is 7.40. The SMILES string of the molecule is CCCOc1ccc(C(=O)c2cncc3ccccc23)cc1. The lowest BCUT2D eigenvalue weighted by atomic mass is 10.00. The lowest BCUT2D eigenvalue weighted by molar-refractivity contribution is 0.104. The van der Waals surface area contributed by atoms with Gasteiger partial charge in [-0.3, -0.25) is 9.78 Å². The first kappa shape index (κ1) is 14.3. The summed E-state index contributed by atoms with van der Waals surface area (Å²) < 4.78 is 5.54. The molecular weight excluding hydrogens is 274 g/mol. The van der Waals surface area contributed by atoms with E-state index in [0.29, 0.717) is 17.7 Å². The molecule has 1 heterocycles. The summed E-state index contributed by atoms with van der Waals surface area (Å²) in [6.45, 7) is 2.74. The van der Waals surface area contributed by atoms with Crippen molar-refractivity contribution >= 4 is 16.6 Å². The van der Waals surface area contributed by atoms with Crippen LogP contribution in [-0.4, -0.2) is 17.4 Å². The molecule has 110 valence electrons. The van der Waals surface area contributed by atoms with Gasteiger partial charge in [-0.25, -0.2) is 0 Å². The predicted molar refractivity (Wildman–Crippen MR) is 87.4 cm³/mol. The van der Waals surface area contributed by atoms with Gasteiger partial charge in [0.05, 0.1) is 6.61 Å². The molecule has 0 aliphatic heterocycles. The maximum Gasteiger partial charge on any atom is 0.195 e. The van der Waals surface area contributed by atoms with Gasteiger partial charge in [-0.15, -0.1) is 0 Å². The molecule has 0 radical (unpaired) electrons. The Labute approximate surface area is 129 Å². The summed E-state index contributed by atoms with van der Waals surface area (Å²) >= 11 is 0. The minimum atomic E-state index is -0.0219. The number of rotatable bonds is 5. The van der Waals surface area contributed by atoms with Gasteiger partial charge in [0.2, 0.25) is 0 Å². The molecule has 22 heavy (non-hydrogen) atoms. The van der Waals surface area contributed by atoms with E-state index in [2.05, 4.69) is 11.9 Å². The second kappa shape index (κ2) is 6.39. The molecule has 0 fully saturated rings. The van der Waals surface area contributed by atoms with Crippen LogP contribution in [0.3, 0.4) is 0 Å². The van der Waals surface area contributed by atoms with Crippen LogP contribution >= 0.6 is 0 Å². The predicted octanol–water partition coefficient (Wildman–Crippen LogP) is 4.25. The smallest absolute Gasteiger partial charge is 0.195 e. The van der Waals surface area contributed by atoms with Gasteiger partial charge < -0.3 is 4.74 Å². The summed E-state index contributed by atoms with van der Waals surface area (Å²) in [5, 5.41) is 1.89. The Morgan fingerprint density at radius 3 is 2.59 bits per heavy atom. The van der Waals surface area contributed by atoms with Crippen LogP contribution in [0.4, 0.5) is 0 Å². The van der Waals surface area contributed by atoms with Gasteiger partial charge >= 0.3 is 0 Å². The average Bonchev–Trinajstić information content (AvgIpc) is 2.59. The fraction of sp³-hybridized carbons (Fsp3) is 0.158. The summed E-state index contributed by atoms with van der Waals surface area (Å²) in [5.41, 5.74) is 1.27. The second-order valence-electron chi connectivity index (χ2n) is 5.11. The molecule has 0 amide bonds. The molecule has 0 unspecified atom stereocenters. The number of fused-ring (bicyclic) bond motifs is 1. The third-order valence-electron chi connectivity index (χ3n) is 3.50. The van der Waals surface area contributed by atoms with Crippen molar-refractivity contribution in [3.8, 4) is 5.75 Å². The van der Waals surface area contributed by atoms with Crippen molar-refractivity contribution in [2.24, 2.45) is 0 Å². The Hall–Kier alpha value is -2.68. The van der Waals surface area contributed by atoms with Gasteiger partial charge in [0.15, 0.2) is 5.78 Å². The fourth-order valence-electron chi connectivity index (χ4n) is 2.38. The highest BCUT2D eigenvalue weighted by Gasteiger charge is 2.12. The number of carbonyl (C=O) groups excluding carboxylic acids is 1. The largest absolute Gasteiger partial charge is 0.494 e. The van der Waals surface area contributed by atoms with Crippen molar-refractivity contribution in [1.82, 2.24) is 4.98 Å². The minimum Gasteiger partial charge on any atom is -0.494 e.